The first-order valence-corrected chi connectivity index (χ1v) is 7.63. The largest absolute Gasteiger partial charge is 0.315 e. The van der Waals surface area contributed by atoms with E-state index in [1.165, 1.54) is 24.1 Å². The van der Waals surface area contributed by atoms with E-state index < -0.39 is 0 Å². The van der Waals surface area contributed by atoms with Crippen LogP contribution in [0.5, 0.6) is 0 Å². The van der Waals surface area contributed by atoms with Crippen molar-refractivity contribution in [2.75, 3.05) is 7.05 Å². The SMILES string of the molecule is CC1=C(N(C)C(=O)c2cccc3ccccc23)CCCC1. The molecule has 0 saturated carbocycles. The highest BCUT2D eigenvalue weighted by Crippen LogP contribution is 2.28. The van der Waals surface area contributed by atoms with Crippen LogP contribution in [0.25, 0.3) is 10.8 Å². The minimum atomic E-state index is 0.100. The minimum Gasteiger partial charge on any atom is -0.315 e. The molecule has 0 heterocycles. The van der Waals surface area contributed by atoms with E-state index in [9.17, 15) is 4.79 Å². The molecule has 0 radical (unpaired) electrons. The summed E-state index contributed by atoms with van der Waals surface area (Å²) >= 11 is 0. The first-order chi connectivity index (χ1) is 10.2. The van der Waals surface area contributed by atoms with Crippen molar-refractivity contribution in [3.05, 3.63) is 59.3 Å². The Morgan fingerprint density at radius 2 is 1.71 bits per heavy atom. The number of carbonyl (C=O) groups is 1. The zero-order valence-electron chi connectivity index (χ0n) is 12.7. The molecule has 1 aliphatic carbocycles. The number of allylic oxidation sites excluding steroid dienone is 2. The van der Waals surface area contributed by atoms with Crippen LogP contribution in [-0.4, -0.2) is 17.9 Å². The van der Waals surface area contributed by atoms with Crippen LogP contribution in [0, 0.1) is 0 Å². The number of amides is 1. The van der Waals surface area contributed by atoms with Crippen LogP contribution in [0.1, 0.15) is 43.0 Å². The molecule has 0 saturated heterocycles. The van der Waals surface area contributed by atoms with Crippen LogP contribution in [0.2, 0.25) is 0 Å². The van der Waals surface area contributed by atoms with Crippen molar-refractivity contribution in [1.29, 1.82) is 0 Å². The fraction of sp³-hybridized carbons (Fsp3) is 0.316. The monoisotopic (exact) mass is 279 g/mol. The Morgan fingerprint density at radius 3 is 2.52 bits per heavy atom. The van der Waals surface area contributed by atoms with Gasteiger partial charge in [-0.05, 0) is 49.4 Å². The van der Waals surface area contributed by atoms with Crippen molar-refractivity contribution in [3.63, 3.8) is 0 Å². The predicted octanol–water partition coefficient (Wildman–Crippen LogP) is 4.76. The lowest BCUT2D eigenvalue weighted by Crippen LogP contribution is -2.28. The maximum Gasteiger partial charge on any atom is 0.258 e. The molecule has 0 atom stereocenters. The molecule has 0 spiro atoms. The molecule has 1 aliphatic rings. The van der Waals surface area contributed by atoms with Gasteiger partial charge >= 0.3 is 0 Å². The van der Waals surface area contributed by atoms with Crippen LogP contribution < -0.4 is 0 Å². The molecule has 0 N–H and O–H groups in total. The van der Waals surface area contributed by atoms with E-state index in [2.05, 4.69) is 19.1 Å². The Kier molecular flexibility index (Phi) is 3.78. The lowest BCUT2D eigenvalue weighted by Gasteiger charge is -2.27. The van der Waals surface area contributed by atoms with Crippen molar-refractivity contribution in [2.45, 2.75) is 32.6 Å². The number of hydrogen-bond donors (Lipinski definition) is 0. The molecule has 1 amide bonds. The highest BCUT2D eigenvalue weighted by molar-refractivity contribution is 6.07. The molecular weight excluding hydrogens is 258 g/mol. The Bertz CT molecular complexity index is 709. The topological polar surface area (TPSA) is 20.3 Å². The second-order valence-corrected chi connectivity index (χ2v) is 5.83. The summed E-state index contributed by atoms with van der Waals surface area (Å²) in [6.07, 6.45) is 4.55. The first kappa shape index (κ1) is 13.9. The Morgan fingerprint density at radius 1 is 1.00 bits per heavy atom. The van der Waals surface area contributed by atoms with Crippen LogP contribution >= 0.6 is 0 Å². The average molecular weight is 279 g/mol. The molecule has 0 aliphatic heterocycles. The third kappa shape index (κ3) is 2.58. The first-order valence-electron chi connectivity index (χ1n) is 7.63. The summed E-state index contributed by atoms with van der Waals surface area (Å²) in [7, 11) is 1.91. The maximum atomic E-state index is 12.9. The van der Waals surface area contributed by atoms with Crippen molar-refractivity contribution in [2.24, 2.45) is 0 Å². The van der Waals surface area contributed by atoms with Gasteiger partial charge in [0.25, 0.3) is 5.91 Å². The number of carbonyl (C=O) groups excluding carboxylic acids is 1. The van der Waals surface area contributed by atoms with E-state index in [0.717, 1.165) is 29.2 Å². The molecule has 0 bridgehead atoms. The molecule has 108 valence electrons. The van der Waals surface area contributed by atoms with E-state index in [0.29, 0.717) is 0 Å². The molecular formula is C19H21NO. The summed E-state index contributed by atoms with van der Waals surface area (Å²) in [6.45, 7) is 2.15. The number of nitrogens with zero attached hydrogens (tertiary/aromatic N) is 1. The van der Waals surface area contributed by atoms with E-state index in [4.69, 9.17) is 0 Å². The zero-order valence-corrected chi connectivity index (χ0v) is 12.7. The third-order valence-electron chi connectivity index (χ3n) is 4.44. The van der Waals surface area contributed by atoms with Gasteiger partial charge < -0.3 is 4.90 Å². The lowest BCUT2D eigenvalue weighted by molar-refractivity contribution is 0.0830. The summed E-state index contributed by atoms with van der Waals surface area (Å²) in [5.41, 5.74) is 3.36. The van der Waals surface area contributed by atoms with Crippen LogP contribution in [0.3, 0.4) is 0 Å². The van der Waals surface area contributed by atoms with Gasteiger partial charge in [0.2, 0.25) is 0 Å². The van der Waals surface area contributed by atoms with Crippen molar-refractivity contribution in [1.82, 2.24) is 4.90 Å². The fourth-order valence-electron chi connectivity index (χ4n) is 3.21. The van der Waals surface area contributed by atoms with Gasteiger partial charge in [-0.1, -0.05) is 42.0 Å². The maximum absolute atomic E-state index is 12.9. The van der Waals surface area contributed by atoms with Crippen molar-refractivity contribution >= 4 is 16.7 Å². The molecule has 0 aromatic heterocycles. The van der Waals surface area contributed by atoms with E-state index in [1.807, 2.05) is 42.3 Å². The summed E-state index contributed by atoms with van der Waals surface area (Å²) in [4.78, 5) is 14.8. The zero-order chi connectivity index (χ0) is 14.8. The van der Waals surface area contributed by atoms with Crippen LogP contribution in [0.4, 0.5) is 0 Å². The van der Waals surface area contributed by atoms with E-state index in [-0.39, 0.29) is 5.91 Å². The quantitative estimate of drug-likeness (QED) is 0.776. The molecule has 0 fully saturated rings. The highest BCUT2D eigenvalue weighted by Gasteiger charge is 2.20. The average Bonchev–Trinajstić information content (AvgIpc) is 2.53. The van der Waals surface area contributed by atoms with Gasteiger partial charge in [0, 0.05) is 18.3 Å². The van der Waals surface area contributed by atoms with Gasteiger partial charge in [-0.2, -0.15) is 0 Å². The van der Waals surface area contributed by atoms with Crippen LogP contribution in [-0.2, 0) is 0 Å². The van der Waals surface area contributed by atoms with E-state index >= 15 is 0 Å². The molecule has 21 heavy (non-hydrogen) atoms. The van der Waals surface area contributed by atoms with Gasteiger partial charge in [-0.15, -0.1) is 0 Å². The summed E-state index contributed by atoms with van der Waals surface area (Å²) in [5.74, 6) is 0.100. The van der Waals surface area contributed by atoms with Gasteiger partial charge in [-0.25, -0.2) is 0 Å². The molecule has 2 aromatic rings. The second kappa shape index (κ2) is 5.72. The Labute approximate surface area is 126 Å². The number of rotatable bonds is 2. The number of hydrogen-bond acceptors (Lipinski definition) is 1. The van der Waals surface area contributed by atoms with Gasteiger partial charge in [0.1, 0.15) is 0 Å². The molecule has 3 rings (SSSR count). The van der Waals surface area contributed by atoms with Crippen molar-refractivity contribution < 1.29 is 4.79 Å². The standard InChI is InChI=1S/C19H21NO/c1-14-8-3-6-13-18(14)20(2)19(21)17-12-7-10-15-9-4-5-11-16(15)17/h4-5,7,9-12H,3,6,8,13H2,1-2H3. The summed E-state index contributed by atoms with van der Waals surface area (Å²) in [5, 5.41) is 2.15. The van der Waals surface area contributed by atoms with Gasteiger partial charge in [0.15, 0.2) is 0 Å². The minimum absolute atomic E-state index is 0.100. The Hall–Kier alpha value is -2.09. The lowest BCUT2D eigenvalue weighted by atomic mass is 9.96. The van der Waals surface area contributed by atoms with E-state index in [1.54, 1.807) is 0 Å². The highest BCUT2D eigenvalue weighted by atomic mass is 16.2. The molecule has 0 unspecified atom stereocenters. The fourth-order valence-corrected chi connectivity index (χ4v) is 3.21. The normalized spacial score (nSPS) is 15.3. The van der Waals surface area contributed by atoms with Gasteiger partial charge in [0.05, 0.1) is 0 Å². The Balaban J connectivity index is 2.01. The summed E-state index contributed by atoms with van der Waals surface area (Å²) in [6, 6.07) is 14.0. The predicted molar refractivity (Wildman–Crippen MR) is 87.2 cm³/mol. The van der Waals surface area contributed by atoms with Gasteiger partial charge in [-0.3, -0.25) is 4.79 Å². The second-order valence-electron chi connectivity index (χ2n) is 5.83. The molecule has 2 nitrogen and oxygen atoms in total. The number of fused-ring (bicyclic) bond motifs is 1. The molecule has 2 heteroatoms. The van der Waals surface area contributed by atoms with Crippen molar-refractivity contribution in [3.8, 4) is 0 Å². The smallest absolute Gasteiger partial charge is 0.258 e. The van der Waals surface area contributed by atoms with Crippen LogP contribution in [0.15, 0.2) is 53.7 Å². The number of benzene rings is 2. The third-order valence-corrected chi connectivity index (χ3v) is 4.44. The molecule has 2 aromatic carbocycles. The summed E-state index contributed by atoms with van der Waals surface area (Å²) < 4.78 is 0.